The highest BCUT2D eigenvalue weighted by Gasteiger charge is 2.77. The van der Waals surface area contributed by atoms with E-state index in [1.165, 1.54) is 52.7 Å². The van der Waals surface area contributed by atoms with E-state index in [4.69, 9.17) is 9.47 Å². The van der Waals surface area contributed by atoms with Crippen molar-refractivity contribution in [3.63, 3.8) is 0 Å². The minimum Gasteiger partial charge on any atom is -0.468 e. The van der Waals surface area contributed by atoms with E-state index in [-0.39, 0.29) is 22.8 Å². The van der Waals surface area contributed by atoms with Gasteiger partial charge in [0.25, 0.3) is 0 Å². The van der Waals surface area contributed by atoms with Crippen molar-refractivity contribution < 1.29 is 19.1 Å². The van der Waals surface area contributed by atoms with Gasteiger partial charge in [-0.1, -0.05) is 0 Å². The first-order valence-corrected chi connectivity index (χ1v) is 12.1. The Kier molecular flexibility index (Phi) is 3.87. The Morgan fingerprint density at radius 1 is 0.586 bits per heavy atom. The van der Waals surface area contributed by atoms with Crippen LogP contribution in [-0.2, 0) is 19.1 Å². The van der Waals surface area contributed by atoms with Crippen LogP contribution in [-0.4, -0.2) is 26.2 Å². The zero-order valence-electron chi connectivity index (χ0n) is 18.1. The summed E-state index contributed by atoms with van der Waals surface area (Å²) < 4.78 is 11.2. The summed E-state index contributed by atoms with van der Waals surface area (Å²) in [7, 11) is 3.00. The molecule has 0 aromatic carbocycles. The van der Waals surface area contributed by atoms with Crippen molar-refractivity contribution in [3.05, 3.63) is 0 Å². The van der Waals surface area contributed by atoms with Gasteiger partial charge in [-0.3, -0.25) is 9.59 Å². The summed E-state index contributed by atoms with van der Waals surface area (Å²) in [5.41, 5.74) is -1.57. The van der Waals surface area contributed by atoms with Gasteiger partial charge in [-0.15, -0.1) is 0 Å². The van der Waals surface area contributed by atoms with E-state index in [1.807, 2.05) is 0 Å². The molecule has 0 unspecified atom stereocenters. The number of hydrogen-bond donors (Lipinski definition) is 0. The maximum Gasteiger partial charge on any atom is 0.324 e. The topological polar surface area (TPSA) is 52.6 Å². The molecule has 0 N–H and O–H groups in total. The lowest BCUT2D eigenvalue weighted by Gasteiger charge is -2.69. The number of carbonyl (C=O) groups excluding carboxylic acids is 2. The van der Waals surface area contributed by atoms with E-state index in [0.717, 1.165) is 38.5 Å². The lowest BCUT2D eigenvalue weighted by Crippen LogP contribution is -2.70. The Morgan fingerprint density at radius 2 is 0.828 bits per heavy atom. The van der Waals surface area contributed by atoms with E-state index in [2.05, 4.69) is 0 Å². The first-order valence-electron chi connectivity index (χ1n) is 12.1. The highest BCUT2D eigenvalue weighted by molar-refractivity contribution is 6.02. The van der Waals surface area contributed by atoms with Crippen molar-refractivity contribution in [2.24, 2.45) is 51.8 Å². The van der Waals surface area contributed by atoms with Crippen LogP contribution < -0.4 is 0 Å². The summed E-state index contributed by atoms with van der Waals surface area (Å²) in [4.78, 5) is 27.9. The maximum absolute atomic E-state index is 13.9. The van der Waals surface area contributed by atoms with Crippen molar-refractivity contribution in [1.82, 2.24) is 0 Å². The highest BCUT2D eigenvalue weighted by atomic mass is 16.5. The van der Waals surface area contributed by atoms with E-state index < -0.39 is 5.41 Å². The SMILES string of the molecule is COC(=O)C(C(=O)OC)(C12CC3CC(CC(C3)C1)C2)C12CC3CC(CC(C3)C1)C2. The lowest BCUT2D eigenvalue weighted by molar-refractivity contribution is -0.243. The molecular formula is C25H36O4. The molecule has 0 aromatic rings. The molecule has 4 nitrogen and oxygen atoms in total. The Hall–Kier alpha value is -1.06. The summed E-state index contributed by atoms with van der Waals surface area (Å²) in [5.74, 6) is 3.59. The smallest absolute Gasteiger partial charge is 0.324 e. The maximum atomic E-state index is 13.9. The van der Waals surface area contributed by atoms with Crippen molar-refractivity contribution >= 4 is 11.9 Å². The van der Waals surface area contributed by atoms with Crippen LogP contribution in [0.4, 0.5) is 0 Å². The lowest BCUT2D eigenvalue weighted by atomic mass is 9.33. The van der Waals surface area contributed by atoms with Crippen LogP contribution in [0.5, 0.6) is 0 Å². The van der Waals surface area contributed by atoms with Gasteiger partial charge >= 0.3 is 11.9 Å². The fraction of sp³-hybridized carbons (Fsp3) is 0.920. The van der Waals surface area contributed by atoms with Gasteiger partial charge in [0.1, 0.15) is 0 Å². The van der Waals surface area contributed by atoms with Crippen molar-refractivity contribution in [2.45, 2.75) is 77.0 Å². The Balaban J connectivity index is 1.56. The molecule has 8 rings (SSSR count). The Morgan fingerprint density at radius 3 is 1.03 bits per heavy atom. The molecule has 160 valence electrons. The van der Waals surface area contributed by atoms with Gasteiger partial charge in [-0.2, -0.15) is 0 Å². The van der Waals surface area contributed by atoms with Crippen LogP contribution in [0.2, 0.25) is 0 Å². The minimum absolute atomic E-state index is 0.242. The molecule has 0 saturated heterocycles. The Bertz CT molecular complexity index is 605. The second-order valence-electron chi connectivity index (χ2n) is 12.1. The highest BCUT2D eigenvalue weighted by Crippen LogP contribution is 2.76. The minimum atomic E-state index is -1.09. The summed E-state index contributed by atoms with van der Waals surface area (Å²) in [6.45, 7) is 0. The van der Waals surface area contributed by atoms with Crippen LogP contribution in [0.15, 0.2) is 0 Å². The largest absolute Gasteiger partial charge is 0.468 e. The standard InChI is InChI=1S/C25H36O4/c1-28-21(26)25(22(27)29-2,23-9-15-3-16(10-23)5-17(4-15)11-23)24-12-18-6-19(13-24)8-20(7-18)14-24/h15-20H,3-14H2,1-2H3. The van der Waals surface area contributed by atoms with Crippen LogP contribution >= 0.6 is 0 Å². The zero-order chi connectivity index (χ0) is 20.0. The van der Waals surface area contributed by atoms with Crippen LogP contribution in [0.3, 0.4) is 0 Å². The molecule has 8 aliphatic carbocycles. The van der Waals surface area contributed by atoms with E-state index in [0.29, 0.717) is 35.5 Å². The third kappa shape index (κ3) is 2.22. The number of esters is 2. The number of rotatable bonds is 4. The molecule has 0 radical (unpaired) electrons. The first-order chi connectivity index (χ1) is 13.9. The molecule has 29 heavy (non-hydrogen) atoms. The molecule has 8 saturated carbocycles. The van der Waals surface area contributed by atoms with Gasteiger partial charge in [-0.05, 0) is 123 Å². The van der Waals surface area contributed by atoms with Gasteiger partial charge in [0, 0.05) is 0 Å². The third-order valence-electron chi connectivity index (χ3n) is 10.7. The summed E-state index contributed by atoms with van der Waals surface area (Å²) in [5, 5.41) is 0. The number of methoxy groups -OCH3 is 2. The van der Waals surface area contributed by atoms with Crippen LogP contribution in [0, 0.1) is 51.8 Å². The summed E-state index contributed by atoms with van der Waals surface area (Å²) >= 11 is 0. The number of carbonyl (C=O) groups is 2. The van der Waals surface area contributed by atoms with E-state index in [9.17, 15) is 9.59 Å². The molecule has 0 heterocycles. The summed E-state index contributed by atoms with van der Waals surface area (Å²) in [6, 6.07) is 0. The molecule has 0 aromatic heterocycles. The van der Waals surface area contributed by atoms with Gasteiger partial charge in [-0.25, -0.2) is 0 Å². The predicted molar refractivity (Wildman–Crippen MR) is 108 cm³/mol. The van der Waals surface area contributed by atoms with Gasteiger partial charge < -0.3 is 9.47 Å². The molecule has 0 spiro atoms. The summed E-state index contributed by atoms with van der Waals surface area (Å²) in [6.07, 6.45) is 14.0. The predicted octanol–water partition coefficient (Wildman–Crippen LogP) is 4.75. The number of ether oxygens (including phenoxy) is 2. The van der Waals surface area contributed by atoms with E-state index >= 15 is 0 Å². The quantitative estimate of drug-likeness (QED) is 0.505. The normalized spacial score (nSPS) is 49.3. The molecule has 0 aliphatic heterocycles. The molecule has 0 atom stereocenters. The van der Waals surface area contributed by atoms with Gasteiger partial charge in [0.05, 0.1) is 14.2 Å². The first kappa shape index (κ1) is 18.7. The molecule has 8 aliphatic rings. The van der Waals surface area contributed by atoms with Crippen molar-refractivity contribution in [3.8, 4) is 0 Å². The van der Waals surface area contributed by atoms with Crippen molar-refractivity contribution in [2.75, 3.05) is 14.2 Å². The van der Waals surface area contributed by atoms with Crippen LogP contribution in [0.1, 0.15) is 77.0 Å². The van der Waals surface area contributed by atoms with Gasteiger partial charge in [0.15, 0.2) is 5.41 Å². The Labute approximate surface area is 174 Å². The average Bonchev–Trinajstić information content (AvgIpc) is 2.65. The zero-order valence-corrected chi connectivity index (χ0v) is 18.1. The second kappa shape index (κ2) is 6.01. The second-order valence-corrected chi connectivity index (χ2v) is 12.1. The van der Waals surface area contributed by atoms with Gasteiger partial charge in [0.2, 0.25) is 0 Å². The fourth-order valence-corrected chi connectivity index (χ4v) is 11.0. The average molecular weight is 401 g/mol. The number of hydrogen-bond acceptors (Lipinski definition) is 4. The molecular weight excluding hydrogens is 364 g/mol. The molecule has 4 heteroatoms. The molecule has 8 fully saturated rings. The van der Waals surface area contributed by atoms with Crippen molar-refractivity contribution in [1.29, 1.82) is 0 Å². The fourth-order valence-electron chi connectivity index (χ4n) is 11.0. The molecule has 8 bridgehead atoms. The monoisotopic (exact) mass is 400 g/mol. The molecule has 0 amide bonds. The van der Waals surface area contributed by atoms with E-state index in [1.54, 1.807) is 0 Å². The van der Waals surface area contributed by atoms with Crippen LogP contribution in [0.25, 0.3) is 0 Å². The third-order valence-corrected chi connectivity index (χ3v) is 10.7.